The van der Waals surface area contributed by atoms with E-state index in [-0.39, 0.29) is 0 Å². The Balaban J connectivity index is 2.38. The van der Waals surface area contributed by atoms with Crippen molar-refractivity contribution in [3.63, 3.8) is 0 Å². The number of aromatic nitrogens is 2. The quantitative estimate of drug-likeness (QED) is 0.441. The van der Waals surface area contributed by atoms with E-state index in [2.05, 4.69) is 51.8 Å². The summed E-state index contributed by atoms with van der Waals surface area (Å²) in [7, 11) is 0. The van der Waals surface area contributed by atoms with Crippen molar-refractivity contribution >= 4 is 27.6 Å². The summed E-state index contributed by atoms with van der Waals surface area (Å²) in [6.45, 7) is 0. The first-order valence-electron chi connectivity index (χ1n) is 5.60. The third-order valence-electron chi connectivity index (χ3n) is 3.09. The van der Waals surface area contributed by atoms with Gasteiger partial charge in [0.2, 0.25) is 0 Å². The second-order valence-electron chi connectivity index (χ2n) is 4.10. The Morgan fingerprint density at radius 3 is 2.88 bits per heavy atom. The molecular formula is C15H9N2. The highest BCUT2D eigenvalue weighted by Crippen LogP contribution is 2.22. The smallest absolute Gasteiger partial charge is 0.138 e. The van der Waals surface area contributed by atoms with Crippen LogP contribution in [0.1, 0.15) is 0 Å². The molecule has 79 valence electrons. The number of rotatable bonds is 0. The summed E-state index contributed by atoms with van der Waals surface area (Å²) in [5.74, 6) is 0. The molecule has 2 heteroatoms. The molecule has 1 radical (unpaired) electrons. The predicted molar refractivity (Wildman–Crippen MR) is 69.0 cm³/mol. The fraction of sp³-hybridized carbons (Fsp3) is 0. The molecule has 0 spiro atoms. The average Bonchev–Trinajstić information content (AvgIpc) is 2.77. The molecule has 0 saturated heterocycles. The van der Waals surface area contributed by atoms with Gasteiger partial charge in [0.1, 0.15) is 5.65 Å². The molecule has 0 saturated carbocycles. The van der Waals surface area contributed by atoms with E-state index in [1.165, 1.54) is 10.9 Å². The Morgan fingerprint density at radius 2 is 1.88 bits per heavy atom. The molecule has 17 heavy (non-hydrogen) atoms. The minimum atomic E-state index is 0.973. The van der Waals surface area contributed by atoms with Crippen molar-refractivity contribution in [1.29, 1.82) is 0 Å². The largest absolute Gasteiger partial charge is 0.292 e. The van der Waals surface area contributed by atoms with E-state index in [1.54, 1.807) is 0 Å². The number of hydrogen-bond donors (Lipinski definition) is 0. The number of pyridine rings is 1. The van der Waals surface area contributed by atoms with Crippen molar-refractivity contribution in [3.8, 4) is 0 Å². The van der Waals surface area contributed by atoms with Crippen LogP contribution in [-0.2, 0) is 0 Å². The molecule has 4 aromatic rings. The van der Waals surface area contributed by atoms with E-state index in [0.717, 1.165) is 16.7 Å². The van der Waals surface area contributed by atoms with Gasteiger partial charge in [-0.05, 0) is 29.7 Å². The summed E-state index contributed by atoms with van der Waals surface area (Å²) in [4.78, 5) is 4.60. The minimum Gasteiger partial charge on any atom is -0.292 e. The van der Waals surface area contributed by atoms with Gasteiger partial charge in [-0.1, -0.05) is 30.3 Å². The van der Waals surface area contributed by atoms with Crippen molar-refractivity contribution < 1.29 is 0 Å². The van der Waals surface area contributed by atoms with E-state index < -0.39 is 0 Å². The molecule has 2 aromatic carbocycles. The van der Waals surface area contributed by atoms with Crippen molar-refractivity contribution in [2.24, 2.45) is 0 Å². The molecular weight excluding hydrogens is 208 g/mol. The van der Waals surface area contributed by atoms with Gasteiger partial charge >= 0.3 is 0 Å². The normalized spacial score (nSPS) is 11.5. The van der Waals surface area contributed by atoms with Gasteiger partial charge in [-0.2, -0.15) is 0 Å². The van der Waals surface area contributed by atoms with E-state index in [1.807, 2.05) is 18.2 Å². The molecule has 4 rings (SSSR count). The molecule has 0 fully saturated rings. The molecule has 2 nitrogen and oxygen atoms in total. The van der Waals surface area contributed by atoms with E-state index >= 15 is 0 Å². The molecule has 0 N–H and O–H groups in total. The van der Waals surface area contributed by atoms with Gasteiger partial charge in [-0.25, -0.2) is 4.98 Å². The van der Waals surface area contributed by atoms with Gasteiger partial charge in [0, 0.05) is 6.07 Å². The summed E-state index contributed by atoms with van der Waals surface area (Å²) < 4.78 is 2.16. The molecule has 0 amide bonds. The summed E-state index contributed by atoms with van der Waals surface area (Å²) in [5.41, 5.74) is 4.18. The topological polar surface area (TPSA) is 17.3 Å². The van der Waals surface area contributed by atoms with Crippen LogP contribution in [-0.4, -0.2) is 9.38 Å². The lowest BCUT2D eigenvalue weighted by molar-refractivity contribution is 1.30. The molecule has 0 atom stereocenters. The zero-order valence-electron chi connectivity index (χ0n) is 9.09. The summed E-state index contributed by atoms with van der Waals surface area (Å²) in [6.07, 6.45) is 0. The lowest BCUT2D eigenvalue weighted by Gasteiger charge is -2.01. The van der Waals surface area contributed by atoms with Crippen molar-refractivity contribution in [2.45, 2.75) is 0 Å². The SMILES string of the molecule is [c]1cccc2nc3ccc4ccccc4n3c12. The number of imidazole rings is 1. The van der Waals surface area contributed by atoms with Crippen LogP contribution in [0.2, 0.25) is 0 Å². The van der Waals surface area contributed by atoms with Crippen LogP contribution in [0.25, 0.3) is 27.6 Å². The summed E-state index contributed by atoms with van der Waals surface area (Å²) in [6, 6.07) is 21.7. The number of hydrogen-bond acceptors (Lipinski definition) is 1. The van der Waals surface area contributed by atoms with E-state index in [4.69, 9.17) is 0 Å². The van der Waals surface area contributed by atoms with Crippen LogP contribution in [0.3, 0.4) is 0 Å². The lowest BCUT2D eigenvalue weighted by Crippen LogP contribution is -1.87. The van der Waals surface area contributed by atoms with Crippen molar-refractivity contribution in [2.75, 3.05) is 0 Å². The molecule has 2 aromatic heterocycles. The van der Waals surface area contributed by atoms with E-state index in [9.17, 15) is 0 Å². The number of fused-ring (bicyclic) bond motifs is 5. The van der Waals surface area contributed by atoms with Crippen LogP contribution in [0.15, 0.2) is 54.6 Å². The molecule has 2 heterocycles. The first-order valence-corrected chi connectivity index (χ1v) is 5.60. The summed E-state index contributed by atoms with van der Waals surface area (Å²) in [5, 5.41) is 1.22. The standard InChI is InChI=1S/C15H9N2/c1-3-7-13-11(5-1)9-10-15-16-12-6-2-4-8-14(12)17(13)15/h1-7,9-10H. The maximum absolute atomic E-state index is 4.60. The maximum atomic E-state index is 4.60. The Hall–Kier alpha value is -2.35. The van der Waals surface area contributed by atoms with Gasteiger partial charge in [-0.3, -0.25) is 4.40 Å². The molecule has 0 bridgehead atoms. The number of nitrogens with zero attached hydrogens (tertiary/aromatic N) is 2. The zero-order chi connectivity index (χ0) is 11.2. The Kier molecular flexibility index (Phi) is 1.59. The van der Waals surface area contributed by atoms with Gasteiger partial charge in [0.05, 0.1) is 16.6 Å². The molecule has 0 aliphatic carbocycles. The van der Waals surface area contributed by atoms with Crippen LogP contribution in [0, 0.1) is 6.07 Å². The highest BCUT2D eigenvalue weighted by atomic mass is 15.0. The Bertz CT molecular complexity index is 837. The van der Waals surface area contributed by atoms with Crippen LogP contribution >= 0.6 is 0 Å². The summed E-state index contributed by atoms with van der Waals surface area (Å²) >= 11 is 0. The molecule has 0 aliphatic heterocycles. The fourth-order valence-corrected chi connectivity index (χ4v) is 2.33. The molecule has 0 unspecified atom stereocenters. The Morgan fingerprint density at radius 1 is 0.941 bits per heavy atom. The number of para-hydroxylation sites is 2. The lowest BCUT2D eigenvalue weighted by atomic mass is 10.2. The van der Waals surface area contributed by atoms with Crippen molar-refractivity contribution in [1.82, 2.24) is 9.38 Å². The number of benzene rings is 2. The van der Waals surface area contributed by atoms with Gasteiger partial charge < -0.3 is 0 Å². The second-order valence-corrected chi connectivity index (χ2v) is 4.10. The maximum Gasteiger partial charge on any atom is 0.138 e. The molecule has 0 aliphatic rings. The average molecular weight is 217 g/mol. The van der Waals surface area contributed by atoms with Gasteiger partial charge in [-0.15, -0.1) is 0 Å². The Labute approximate surface area is 98.1 Å². The first kappa shape index (κ1) is 8.76. The van der Waals surface area contributed by atoms with Gasteiger partial charge in [0.25, 0.3) is 0 Å². The third kappa shape index (κ3) is 1.12. The second kappa shape index (κ2) is 3.08. The van der Waals surface area contributed by atoms with Crippen LogP contribution in [0.5, 0.6) is 0 Å². The first-order chi connectivity index (χ1) is 8.43. The van der Waals surface area contributed by atoms with Gasteiger partial charge in [0.15, 0.2) is 0 Å². The predicted octanol–water partition coefficient (Wildman–Crippen LogP) is 3.44. The van der Waals surface area contributed by atoms with Crippen LogP contribution < -0.4 is 0 Å². The zero-order valence-corrected chi connectivity index (χ0v) is 9.09. The van der Waals surface area contributed by atoms with Crippen molar-refractivity contribution in [3.05, 3.63) is 60.7 Å². The van der Waals surface area contributed by atoms with E-state index in [0.29, 0.717) is 0 Å². The van der Waals surface area contributed by atoms with Crippen LogP contribution in [0.4, 0.5) is 0 Å². The highest BCUT2D eigenvalue weighted by molar-refractivity contribution is 5.90. The fourth-order valence-electron chi connectivity index (χ4n) is 2.33. The minimum absolute atomic E-state index is 0.973. The third-order valence-corrected chi connectivity index (χ3v) is 3.09. The highest BCUT2D eigenvalue weighted by Gasteiger charge is 2.06. The monoisotopic (exact) mass is 217 g/mol.